The second-order valence-corrected chi connectivity index (χ2v) is 11.5. The topological polar surface area (TPSA) is 80.7 Å². The zero-order valence-electron chi connectivity index (χ0n) is 20.0. The Kier molecular flexibility index (Phi) is 5.77. The van der Waals surface area contributed by atoms with Crippen LogP contribution in [0.3, 0.4) is 0 Å². The molecule has 4 rings (SSSR count). The Morgan fingerprint density at radius 2 is 1.97 bits per heavy atom. The Bertz CT molecular complexity index is 958. The summed E-state index contributed by atoms with van der Waals surface area (Å²) in [5, 5.41) is 11.5. The summed E-state index contributed by atoms with van der Waals surface area (Å²) in [6.07, 6.45) is 4.54. The van der Waals surface area contributed by atoms with Crippen LogP contribution in [0.15, 0.2) is 23.8 Å². The SMILES string of the molecule is CC(C)C(=O)O[C@]1(C(=O)CCl)[C@@H](C)C[C@H]2[C@@H]3CCC4=CC(=O)C=C[C@]4(C)[C@@]3(F)[C@@H](O)C[C@@]21C. The number of halogens is 2. The predicted octanol–water partition coefficient (Wildman–Crippen LogP) is 4.35. The van der Waals surface area contributed by atoms with E-state index in [1.165, 1.54) is 12.2 Å². The van der Waals surface area contributed by atoms with Crippen LogP contribution in [0, 0.1) is 34.5 Å². The van der Waals surface area contributed by atoms with Crippen LogP contribution in [0.2, 0.25) is 0 Å². The third kappa shape index (κ3) is 2.95. The van der Waals surface area contributed by atoms with Crippen LogP contribution >= 0.6 is 11.6 Å². The van der Waals surface area contributed by atoms with Crippen molar-refractivity contribution in [3.63, 3.8) is 0 Å². The summed E-state index contributed by atoms with van der Waals surface area (Å²) in [4.78, 5) is 38.2. The molecule has 5 nitrogen and oxygen atoms in total. The zero-order valence-corrected chi connectivity index (χ0v) is 20.7. The van der Waals surface area contributed by atoms with Gasteiger partial charge in [0.05, 0.1) is 17.9 Å². The van der Waals surface area contributed by atoms with E-state index in [-0.39, 0.29) is 35.7 Å². The third-order valence-corrected chi connectivity index (χ3v) is 9.69. The number of fused-ring (bicyclic) bond motifs is 5. The predicted molar refractivity (Wildman–Crippen MR) is 122 cm³/mol. The molecule has 0 aromatic heterocycles. The standard InChI is InChI=1S/C26H34ClFO5/c1-14(2)22(32)33-26(21(31)13-27)15(3)10-19-18-7-6-16-11-17(29)8-9-23(16,4)25(18,28)20(30)12-24(19,26)5/h8-9,11,14-15,18-20,30H,6-7,10,12-13H2,1-5H3/t15-,18-,19-,20-,23-,24-,25-,26-/m0/s1. The molecule has 0 spiro atoms. The summed E-state index contributed by atoms with van der Waals surface area (Å²) in [6, 6.07) is 0. The highest BCUT2D eigenvalue weighted by Gasteiger charge is 2.77. The molecule has 8 atom stereocenters. The van der Waals surface area contributed by atoms with Gasteiger partial charge >= 0.3 is 5.97 Å². The lowest BCUT2D eigenvalue weighted by Crippen LogP contribution is -2.70. The van der Waals surface area contributed by atoms with Crippen molar-refractivity contribution in [1.29, 1.82) is 0 Å². The Hall–Kier alpha value is -1.53. The maximum absolute atomic E-state index is 17.2. The van der Waals surface area contributed by atoms with E-state index in [1.54, 1.807) is 26.8 Å². The van der Waals surface area contributed by atoms with Crippen LogP contribution < -0.4 is 0 Å². The fourth-order valence-electron chi connectivity index (χ4n) is 7.77. The fraction of sp³-hybridized carbons (Fsp3) is 0.731. The van der Waals surface area contributed by atoms with E-state index in [9.17, 15) is 19.5 Å². The smallest absolute Gasteiger partial charge is 0.309 e. The minimum absolute atomic E-state index is 0.0341. The molecular weight excluding hydrogens is 447 g/mol. The minimum Gasteiger partial charge on any atom is -0.450 e. The normalized spacial score (nSPS) is 46.3. The molecule has 0 aromatic carbocycles. The van der Waals surface area contributed by atoms with Crippen LogP contribution in [-0.4, -0.2) is 45.9 Å². The lowest BCUT2D eigenvalue weighted by atomic mass is 9.44. The summed E-state index contributed by atoms with van der Waals surface area (Å²) in [5.74, 6) is -3.04. The number of carbonyl (C=O) groups excluding carboxylic acids is 3. The maximum Gasteiger partial charge on any atom is 0.309 e. The van der Waals surface area contributed by atoms with Gasteiger partial charge in [-0.25, -0.2) is 4.39 Å². The molecule has 0 bridgehead atoms. The number of esters is 1. The first kappa shape index (κ1) is 24.6. The number of hydrogen-bond acceptors (Lipinski definition) is 5. The average molecular weight is 481 g/mol. The van der Waals surface area contributed by atoms with Crippen molar-refractivity contribution in [3.05, 3.63) is 23.8 Å². The van der Waals surface area contributed by atoms with Gasteiger partial charge in [0.25, 0.3) is 0 Å². The number of Topliss-reactive ketones (excluding diaryl/α,β-unsaturated/α-hetero) is 1. The minimum atomic E-state index is -2.00. The van der Waals surface area contributed by atoms with Crippen molar-refractivity contribution in [2.75, 3.05) is 5.88 Å². The summed E-state index contributed by atoms with van der Waals surface area (Å²) in [7, 11) is 0. The number of ketones is 2. The summed E-state index contributed by atoms with van der Waals surface area (Å²) in [6.45, 7) is 8.89. The molecule has 0 unspecified atom stereocenters. The van der Waals surface area contributed by atoms with Crippen molar-refractivity contribution < 1.29 is 28.6 Å². The van der Waals surface area contributed by atoms with Gasteiger partial charge in [-0.3, -0.25) is 14.4 Å². The van der Waals surface area contributed by atoms with Gasteiger partial charge in [0.15, 0.2) is 22.8 Å². The van der Waals surface area contributed by atoms with E-state index in [0.717, 1.165) is 0 Å². The third-order valence-electron chi connectivity index (χ3n) is 9.45. The lowest BCUT2D eigenvalue weighted by Gasteiger charge is -2.62. The molecule has 0 saturated heterocycles. The van der Waals surface area contributed by atoms with Gasteiger partial charge in [0.2, 0.25) is 0 Å². The molecule has 0 amide bonds. The van der Waals surface area contributed by atoms with Gasteiger partial charge in [-0.2, -0.15) is 0 Å². The van der Waals surface area contributed by atoms with Gasteiger partial charge < -0.3 is 9.84 Å². The summed E-state index contributed by atoms with van der Waals surface area (Å²) in [5.41, 5.74) is -4.88. The molecule has 4 aliphatic rings. The molecular formula is C26H34ClFO5. The van der Waals surface area contributed by atoms with Gasteiger partial charge in [0.1, 0.15) is 0 Å². The maximum atomic E-state index is 17.2. The highest BCUT2D eigenvalue weighted by atomic mass is 35.5. The fourth-order valence-corrected chi connectivity index (χ4v) is 7.97. The highest BCUT2D eigenvalue weighted by molar-refractivity contribution is 6.29. The number of rotatable bonds is 4. The number of hydrogen-bond donors (Lipinski definition) is 1. The number of allylic oxidation sites excluding steroid dienone is 4. The van der Waals surface area contributed by atoms with Crippen LogP contribution in [0.1, 0.15) is 60.3 Å². The van der Waals surface area contributed by atoms with Crippen LogP contribution in [0.25, 0.3) is 0 Å². The Morgan fingerprint density at radius 3 is 2.58 bits per heavy atom. The van der Waals surface area contributed by atoms with Crippen LogP contribution in [-0.2, 0) is 19.1 Å². The summed E-state index contributed by atoms with van der Waals surface area (Å²) < 4.78 is 23.3. The van der Waals surface area contributed by atoms with E-state index in [1.807, 2.05) is 13.8 Å². The molecule has 3 saturated carbocycles. The highest BCUT2D eigenvalue weighted by Crippen LogP contribution is 2.71. The van der Waals surface area contributed by atoms with Gasteiger partial charge in [-0.1, -0.05) is 39.3 Å². The van der Waals surface area contributed by atoms with Gasteiger partial charge in [-0.05, 0) is 50.7 Å². The first-order chi connectivity index (χ1) is 15.3. The quantitative estimate of drug-likeness (QED) is 0.478. The Labute approximate surface area is 199 Å². The van der Waals surface area contributed by atoms with Crippen molar-refractivity contribution >= 4 is 29.1 Å². The second-order valence-electron chi connectivity index (χ2n) is 11.3. The van der Waals surface area contributed by atoms with Crippen molar-refractivity contribution in [1.82, 2.24) is 0 Å². The van der Waals surface area contributed by atoms with E-state index in [0.29, 0.717) is 24.8 Å². The molecule has 3 fully saturated rings. The summed E-state index contributed by atoms with van der Waals surface area (Å²) >= 11 is 6.05. The average Bonchev–Trinajstić information content (AvgIpc) is 2.96. The Morgan fingerprint density at radius 1 is 1.30 bits per heavy atom. The van der Waals surface area contributed by atoms with Crippen LogP contribution in [0.4, 0.5) is 4.39 Å². The first-order valence-corrected chi connectivity index (χ1v) is 12.5. The lowest BCUT2D eigenvalue weighted by molar-refractivity contribution is -0.228. The number of aliphatic hydroxyl groups is 1. The van der Waals surface area contributed by atoms with Crippen molar-refractivity contribution in [2.24, 2.45) is 34.5 Å². The van der Waals surface area contributed by atoms with Crippen molar-refractivity contribution in [3.8, 4) is 0 Å². The number of aliphatic hydroxyl groups excluding tert-OH is 1. The molecule has 1 N–H and O–H groups in total. The van der Waals surface area contributed by atoms with E-state index in [2.05, 4.69) is 0 Å². The Balaban J connectivity index is 1.85. The van der Waals surface area contributed by atoms with E-state index >= 15 is 4.39 Å². The monoisotopic (exact) mass is 480 g/mol. The van der Waals surface area contributed by atoms with Gasteiger partial charge in [0, 0.05) is 22.7 Å². The molecule has 7 heteroatoms. The molecule has 0 aromatic rings. The number of alkyl halides is 2. The molecule has 33 heavy (non-hydrogen) atoms. The number of carbonyl (C=O) groups is 3. The molecule has 0 heterocycles. The zero-order chi connectivity index (χ0) is 24.6. The van der Waals surface area contributed by atoms with E-state index in [4.69, 9.17) is 16.3 Å². The first-order valence-electron chi connectivity index (χ1n) is 11.9. The molecule has 0 radical (unpaired) electrons. The largest absolute Gasteiger partial charge is 0.450 e. The molecule has 0 aliphatic heterocycles. The molecule has 4 aliphatic carbocycles. The molecule has 182 valence electrons. The van der Waals surface area contributed by atoms with E-state index < -0.39 is 46.0 Å². The number of ether oxygens (including phenoxy) is 1. The second kappa shape index (κ2) is 7.74. The van der Waals surface area contributed by atoms with Gasteiger partial charge in [-0.15, -0.1) is 11.6 Å². The van der Waals surface area contributed by atoms with Crippen LogP contribution in [0.5, 0.6) is 0 Å². The van der Waals surface area contributed by atoms with Crippen molar-refractivity contribution in [2.45, 2.75) is 77.7 Å².